The Kier molecular flexibility index (Phi) is 6.92. The van der Waals surface area contributed by atoms with Gasteiger partial charge in [0.15, 0.2) is 5.78 Å². The summed E-state index contributed by atoms with van der Waals surface area (Å²) in [6, 6.07) is 3.67. The van der Waals surface area contributed by atoms with Gasteiger partial charge < -0.3 is 5.32 Å². The molecule has 1 atom stereocenters. The van der Waals surface area contributed by atoms with Crippen LogP contribution in [0.3, 0.4) is 0 Å². The lowest BCUT2D eigenvalue weighted by molar-refractivity contribution is -0.122. The van der Waals surface area contributed by atoms with Gasteiger partial charge in [0, 0.05) is 24.4 Å². The summed E-state index contributed by atoms with van der Waals surface area (Å²) in [7, 11) is 0. The van der Waals surface area contributed by atoms with E-state index < -0.39 is 0 Å². The molecule has 0 bridgehead atoms. The van der Waals surface area contributed by atoms with Crippen LogP contribution in [0.1, 0.15) is 60.3 Å². The maximum Gasteiger partial charge on any atom is 0.220 e. The fourth-order valence-electron chi connectivity index (χ4n) is 2.34. The van der Waals surface area contributed by atoms with Crippen molar-refractivity contribution < 1.29 is 9.59 Å². The average Bonchev–Trinajstić information content (AvgIpc) is 3.19. The van der Waals surface area contributed by atoms with Gasteiger partial charge in [-0.3, -0.25) is 9.59 Å². The number of thiazole rings is 1. The lowest BCUT2D eigenvalue weighted by Gasteiger charge is -2.18. The molecule has 0 spiro atoms. The third-order valence-corrected chi connectivity index (χ3v) is 5.20. The number of nitrogens with one attached hydrogen (secondary N) is 1. The van der Waals surface area contributed by atoms with Crippen LogP contribution in [0.15, 0.2) is 29.1 Å². The number of nitrogens with zero attached hydrogens (tertiary/aromatic N) is 1. The minimum absolute atomic E-state index is 0.00942. The molecule has 2 rings (SSSR count). The number of hydrogen-bond acceptors (Lipinski definition) is 5. The standard InChI is InChI=1S/C17H22N2O2S2/c1-12(2)11-13(17-18-8-10-23-17)19-16(21)7-3-5-14(20)15-6-4-9-22-15/h4,6,8-10,12-13H,3,5,7,11H2,1-2H3,(H,19,21). The second-order valence-electron chi connectivity index (χ2n) is 5.87. The number of aromatic nitrogens is 1. The van der Waals surface area contributed by atoms with Gasteiger partial charge in [-0.25, -0.2) is 4.98 Å². The molecule has 2 heterocycles. The molecular formula is C17H22N2O2S2. The van der Waals surface area contributed by atoms with Crippen LogP contribution in [0.4, 0.5) is 0 Å². The molecule has 6 heteroatoms. The zero-order valence-corrected chi connectivity index (χ0v) is 15.1. The summed E-state index contributed by atoms with van der Waals surface area (Å²) in [4.78, 5) is 29.2. The minimum Gasteiger partial charge on any atom is -0.347 e. The first-order valence-corrected chi connectivity index (χ1v) is 9.57. The Hall–Kier alpha value is -1.53. The van der Waals surface area contributed by atoms with Crippen molar-refractivity contribution in [2.45, 2.75) is 45.6 Å². The van der Waals surface area contributed by atoms with Gasteiger partial charge >= 0.3 is 0 Å². The Morgan fingerprint density at radius 3 is 2.65 bits per heavy atom. The first-order chi connectivity index (χ1) is 11.1. The maximum atomic E-state index is 12.2. The van der Waals surface area contributed by atoms with Crippen molar-refractivity contribution in [1.82, 2.24) is 10.3 Å². The van der Waals surface area contributed by atoms with Gasteiger partial charge in [0.25, 0.3) is 0 Å². The molecule has 1 unspecified atom stereocenters. The van der Waals surface area contributed by atoms with E-state index in [1.165, 1.54) is 11.3 Å². The van der Waals surface area contributed by atoms with Crippen LogP contribution in [-0.2, 0) is 4.79 Å². The van der Waals surface area contributed by atoms with Crippen molar-refractivity contribution in [3.05, 3.63) is 39.0 Å². The number of carbonyl (C=O) groups is 2. The molecule has 0 aliphatic carbocycles. The summed E-state index contributed by atoms with van der Waals surface area (Å²) in [5, 5.41) is 7.82. The number of thiophene rings is 1. The highest BCUT2D eigenvalue weighted by Crippen LogP contribution is 2.23. The minimum atomic E-state index is -0.0319. The van der Waals surface area contributed by atoms with Gasteiger partial charge in [-0.05, 0) is 30.2 Å². The zero-order valence-electron chi connectivity index (χ0n) is 13.5. The van der Waals surface area contributed by atoms with Gasteiger partial charge in [0.05, 0.1) is 10.9 Å². The van der Waals surface area contributed by atoms with E-state index in [1.54, 1.807) is 17.5 Å². The summed E-state index contributed by atoms with van der Waals surface area (Å²) in [6.45, 7) is 4.26. The van der Waals surface area contributed by atoms with E-state index in [9.17, 15) is 9.59 Å². The highest BCUT2D eigenvalue weighted by Gasteiger charge is 2.18. The normalized spacial score (nSPS) is 12.3. The van der Waals surface area contributed by atoms with E-state index in [4.69, 9.17) is 0 Å². The largest absolute Gasteiger partial charge is 0.347 e. The number of carbonyl (C=O) groups excluding carboxylic acids is 2. The molecule has 0 aromatic carbocycles. The van der Waals surface area contributed by atoms with Crippen molar-refractivity contribution in [2.24, 2.45) is 5.92 Å². The molecule has 2 aromatic heterocycles. The van der Waals surface area contributed by atoms with Crippen LogP contribution < -0.4 is 5.32 Å². The van der Waals surface area contributed by atoms with E-state index in [2.05, 4.69) is 24.1 Å². The van der Waals surface area contributed by atoms with E-state index in [0.717, 1.165) is 16.3 Å². The Balaban J connectivity index is 1.79. The number of Topliss-reactive ketones (excluding diaryl/α,β-unsaturated/α-hetero) is 1. The smallest absolute Gasteiger partial charge is 0.220 e. The maximum absolute atomic E-state index is 12.2. The molecule has 0 saturated carbocycles. The summed E-state index contributed by atoms with van der Waals surface area (Å²) < 4.78 is 0. The van der Waals surface area contributed by atoms with Gasteiger partial charge in [0.1, 0.15) is 5.01 Å². The Labute approximate surface area is 145 Å². The molecule has 0 fully saturated rings. The average molecular weight is 351 g/mol. The molecule has 124 valence electrons. The van der Waals surface area contributed by atoms with E-state index in [-0.39, 0.29) is 17.7 Å². The van der Waals surface area contributed by atoms with Crippen LogP contribution in [0.25, 0.3) is 0 Å². The molecule has 0 aliphatic heterocycles. The molecule has 1 amide bonds. The summed E-state index contributed by atoms with van der Waals surface area (Å²) in [5.74, 6) is 0.584. The first-order valence-electron chi connectivity index (χ1n) is 7.81. The monoisotopic (exact) mass is 350 g/mol. The number of rotatable bonds is 9. The van der Waals surface area contributed by atoms with E-state index >= 15 is 0 Å². The lowest BCUT2D eigenvalue weighted by Crippen LogP contribution is -2.29. The van der Waals surface area contributed by atoms with Crippen LogP contribution in [0, 0.1) is 5.92 Å². The summed E-state index contributed by atoms with van der Waals surface area (Å²) >= 11 is 3.01. The topological polar surface area (TPSA) is 59.1 Å². The number of ketones is 1. The summed E-state index contributed by atoms with van der Waals surface area (Å²) in [5.41, 5.74) is 0. The van der Waals surface area contributed by atoms with E-state index in [0.29, 0.717) is 25.2 Å². The van der Waals surface area contributed by atoms with Crippen molar-refractivity contribution >= 4 is 34.4 Å². The highest BCUT2D eigenvalue weighted by molar-refractivity contribution is 7.12. The lowest BCUT2D eigenvalue weighted by atomic mass is 10.0. The Bertz CT molecular complexity index is 607. The van der Waals surface area contributed by atoms with Gasteiger partial charge in [-0.15, -0.1) is 22.7 Å². The molecule has 23 heavy (non-hydrogen) atoms. The fourth-order valence-corrected chi connectivity index (χ4v) is 3.73. The Morgan fingerprint density at radius 1 is 1.22 bits per heavy atom. The van der Waals surface area contributed by atoms with Crippen molar-refractivity contribution in [1.29, 1.82) is 0 Å². The van der Waals surface area contributed by atoms with Crippen LogP contribution in [-0.4, -0.2) is 16.7 Å². The fraction of sp³-hybridized carbons (Fsp3) is 0.471. The molecule has 0 radical (unpaired) electrons. The number of amides is 1. The molecule has 2 aromatic rings. The molecule has 0 aliphatic rings. The second-order valence-corrected chi connectivity index (χ2v) is 7.75. The predicted molar refractivity (Wildman–Crippen MR) is 95.0 cm³/mol. The highest BCUT2D eigenvalue weighted by atomic mass is 32.1. The molecule has 1 N–H and O–H groups in total. The quantitative estimate of drug-likeness (QED) is 0.679. The zero-order chi connectivity index (χ0) is 16.7. The Morgan fingerprint density at radius 2 is 2.04 bits per heavy atom. The SMILES string of the molecule is CC(C)CC(NC(=O)CCCC(=O)c1cccs1)c1nccs1. The second kappa shape index (κ2) is 8.93. The van der Waals surface area contributed by atoms with Gasteiger partial charge in [-0.2, -0.15) is 0 Å². The predicted octanol–water partition coefficient (Wildman–Crippen LogP) is 4.46. The third kappa shape index (κ3) is 5.88. The molecule has 0 saturated heterocycles. The van der Waals surface area contributed by atoms with Crippen molar-refractivity contribution in [3.63, 3.8) is 0 Å². The van der Waals surface area contributed by atoms with Gasteiger partial charge in [0.2, 0.25) is 5.91 Å². The summed E-state index contributed by atoms with van der Waals surface area (Å²) in [6.07, 6.45) is 4.00. The first kappa shape index (κ1) is 17.8. The molecule has 4 nitrogen and oxygen atoms in total. The van der Waals surface area contributed by atoms with Crippen LogP contribution >= 0.6 is 22.7 Å². The molecular weight excluding hydrogens is 328 g/mol. The number of hydrogen-bond donors (Lipinski definition) is 1. The van der Waals surface area contributed by atoms with Gasteiger partial charge in [-0.1, -0.05) is 19.9 Å². The van der Waals surface area contributed by atoms with Crippen LogP contribution in [0.2, 0.25) is 0 Å². The van der Waals surface area contributed by atoms with Crippen LogP contribution in [0.5, 0.6) is 0 Å². The van der Waals surface area contributed by atoms with Crippen molar-refractivity contribution in [3.8, 4) is 0 Å². The van der Waals surface area contributed by atoms with Crippen molar-refractivity contribution in [2.75, 3.05) is 0 Å². The van der Waals surface area contributed by atoms with E-state index in [1.807, 2.05) is 22.9 Å². The third-order valence-electron chi connectivity index (χ3n) is 3.40.